The highest BCUT2D eigenvalue weighted by Crippen LogP contribution is 2.22. The first-order valence-electron chi connectivity index (χ1n) is 6.96. The van der Waals surface area contributed by atoms with Crippen LogP contribution in [0.15, 0.2) is 18.5 Å². The van der Waals surface area contributed by atoms with E-state index in [2.05, 4.69) is 11.9 Å². The summed E-state index contributed by atoms with van der Waals surface area (Å²) >= 11 is 0. The van der Waals surface area contributed by atoms with E-state index in [-0.39, 0.29) is 18.1 Å². The zero-order valence-corrected chi connectivity index (χ0v) is 12.3. The molecule has 2 heterocycles. The number of hydrogen-bond acceptors (Lipinski definition) is 4. The van der Waals surface area contributed by atoms with E-state index in [1.807, 2.05) is 11.0 Å². The molecule has 1 aromatic heterocycles. The molecule has 0 N–H and O–H groups in total. The molecule has 110 valence electrons. The zero-order valence-electron chi connectivity index (χ0n) is 12.3. The van der Waals surface area contributed by atoms with E-state index in [9.17, 15) is 4.79 Å². The van der Waals surface area contributed by atoms with E-state index in [0.717, 1.165) is 18.4 Å². The molecule has 0 saturated carbocycles. The third kappa shape index (κ3) is 3.16. The van der Waals surface area contributed by atoms with Crippen LogP contribution in [-0.2, 0) is 15.9 Å². The number of carbonyl (C=O) groups is 1. The molecule has 5 nitrogen and oxygen atoms in total. The molecular formula is C15H22N2O3. The summed E-state index contributed by atoms with van der Waals surface area (Å²) < 4.78 is 10.6. The SMILES string of the molecule is CCc1cncc(C(=O)N2C[C@@H](OC)C[C@H]2COC)c1. The predicted molar refractivity (Wildman–Crippen MR) is 75.7 cm³/mol. The molecule has 1 amide bonds. The quantitative estimate of drug-likeness (QED) is 0.819. The fraction of sp³-hybridized carbons (Fsp3) is 0.600. The number of hydrogen-bond donors (Lipinski definition) is 0. The van der Waals surface area contributed by atoms with Crippen molar-refractivity contribution in [2.24, 2.45) is 0 Å². The summed E-state index contributed by atoms with van der Waals surface area (Å²) in [6.45, 7) is 3.20. The summed E-state index contributed by atoms with van der Waals surface area (Å²) in [7, 11) is 3.34. The molecule has 1 aromatic rings. The highest BCUT2D eigenvalue weighted by atomic mass is 16.5. The van der Waals surface area contributed by atoms with E-state index < -0.39 is 0 Å². The minimum atomic E-state index is 0.00870. The molecule has 1 fully saturated rings. The van der Waals surface area contributed by atoms with Crippen molar-refractivity contribution >= 4 is 5.91 Å². The van der Waals surface area contributed by atoms with Crippen molar-refractivity contribution in [3.63, 3.8) is 0 Å². The van der Waals surface area contributed by atoms with Gasteiger partial charge in [0.1, 0.15) is 0 Å². The standard InChI is InChI=1S/C15H22N2O3/c1-4-11-5-12(8-16-7-11)15(18)17-9-14(20-3)6-13(17)10-19-2/h5,7-8,13-14H,4,6,9-10H2,1-3H3/t13-,14-/m0/s1. The van der Waals surface area contributed by atoms with Gasteiger partial charge in [0.15, 0.2) is 0 Å². The summed E-state index contributed by atoms with van der Waals surface area (Å²) in [5.74, 6) is 0.00870. The molecule has 5 heteroatoms. The Labute approximate surface area is 119 Å². The molecule has 1 aliphatic heterocycles. The lowest BCUT2D eigenvalue weighted by Crippen LogP contribution is -2.38. The number of ether oxygens (including phenoxy) is 2. The summed E-state index contributed by atoms with van der Waals surface area (Å²) in [5, 5.41) is 0. The minimum absolute atomic E-state index is 0.00870. The first-order chi connectivity index (χ1) is 9.69. The summed E-state index contributed by atoms with van der Waals surface area (Å²) in [6.07, 6.45) is 5.20. The maximum Gasteiger partial charge on any atom is 0.255 e. The van der Waals surface area contributed by atoms with Gasteiger partial charge in [0.25, 0.3) is 5.91 Å². The number of nitrogens with zero attached hydrogens (tertiary/aromatic N) is 2. The second kappa shape index (κ2) is 6.81. The monoisotopic (exact) mass is 278 g/mol. The molecule has 20 heavy (non-hydrogen) atoms. The first kappa shape index (κ1) is 14.9. The lowest BCUT2D eigenvalue weighted by atomic mass is 10.1. The number of methoxy groups -OCH3 is 2. The molecule has 0 aliphatic carbocycles. The average molecular weight is 278 g/mol. The van der Waals surface area contributed by atoms with E-state index >= 15 is 0 Å². The van der Waals surface area contributed by atoms with Gasteiger partial charge >= 0.3 is 0 Å². The van der Waals surface area contributed by atoms with Crippen molar-refractivity contribution in [3.05, 3.63) is 29.6 Å². The first-order valence-corrected chi connectivity index (χ1v) is 6.96. The third-order valence-electron chi connectivity index (χ3n) is 3.78. The number of carbonyl (C=O) groups excluding carboxylic acids is 1. The van der Waals surface area contributed by atoms with Gasteiger partial charge in [0.2, 0.25) is 0 Å². The fourth-order valence-electron chi connectivity index (χ4n) is 2.61. The van der Waals surface area contributed by atoms with Gasteiger partial charge in [-0.05, 0) is 24.5 Å². The van der Waals surface area contributed by atoms with Crippen LogP contribution in [0.1, 0.15) is 29.3 Å². The van der Waals surface area contributed by atoms with Crippen LogP contribution in [0.4, 0.5) is 0 Å². The molecule has 1 saturated heterocycles. The normalized spacial score (nSPS) is 22.2. The topological polar surface area (TPSA) is 51.7 Å². The summed E-state index contributed by atoms with van der Waals surface area (Å²) in [4.78, 5) is 18.6. The lowest BCUT2D eigenvalue weighted by Gasteiger charge is -2.23. The predicted octanol–water partition coefficient (Wildman–Crippen LogP) is 1.52. The Hall–Kier alpha value is -1.46. The van der Waals surface area contributed by atoms with Crippen LogP contribution in [0.3, 0.4) is 0 Å². The highest BCUT2D eigenvalue weighted by Gasteiger charge is 2.35. The molecule has 0 spiro atoms. The minimum Gasteiger partial charge on any atom is -0.383 e. The number of rotatable bonds is 5. The smallest absolute Gasteiger partial charge is 0.255 e. The Morgan fingerprint density at radius 3 is 2.90 bits per heavy atom. The van der Waals surface area contributed by atoms with Gasteiger partial charge in [-0.15, -0.1) is 0 Å². The molecule has 0 bridgehead atoms. The van der Waals surface area contributed by atoms with Gasteiger partial charge in [-0.25, -0.2) is 0 Å². The van der Waals surface area contributed by atoms with Crippen LogP contribution in [0.25, 0.3) is 0 Å². The van der Waals surface area contributed by atoms with E-state index in [1.165, 1.54) is 0 Å². The highest BCUT2D eigenvalue weighted by molar-refractivity contribution is 5.94. The Balaban J connectivity index is 2.17. The third-order valence-corrected chi connectivity index (χ3v) is 3.78. The van der Waals surface area contributed by atoms with Crippen molar-refractivity contribution in [1.82, 2.24) is 9.88 Å². The maximum atomic E-state index is 12.6. The molecule has 0 radical (unpaired) electrons. The van der Waals surface area contributed by atoms with Crippen molar-refractivity contribution < 1.29 is 14.3 Å². The fourth-order valence-corrected chi connectivity index (χ4v) is 2.61. The molecule has 0 unspecified atom stereocenters. The van der Waals surface area contributed by atoms with E-state index in [1.54, 1.807) is 26.6 Å². The maximum absolute atomic E-state index is 12.6. The molecule has 2 rings (SSSR count). The van der Waals surface area contributed by atoms with Gasteiger partial charge in [0.05, 0.1) is 24.3 Å². The van der Waals surface area contributed by atoms with Crippen LogP contribution in [0, 0.1) is 0 Å². The molecular weight excluding hydrogens is 256 g/mol. The largest absolute Gasteiger partial charge is 0.383 e. The number of aryl methyl sites for hydroxylation is 1. The van der Waals surface area contributed by atoms with Gasteiger partial charge in [-0.2, -0.15) is 0 Å². The Kier molecular flexibility index (Phi) is 5.09. The van der Waals surface area contributed by atoms with Crippen molar-refractivity contribution in [2.45, 2.75) is 31.9 Å². The Morgan fingerprint density at radius 2 is 2.25 bits per heavy atom. The second-order valence-electron chi connectivity index (χ2n) is 5.10. The number of pyridine rings is 1. The van der Waals surface area contributed by atoms with Crippen molar-refractivity contribution in [2.75, 3.05) is 27.4 Å². The number of aromatic nitrogens is 1. The van der Waals surface area contributed by atoms with Crippen LogP contribution >= 0.6 is 0 Å². The van der Waals surface area contributed by atoms with Crippen LogP contribution in [0.2, 0.25) is 0 Å². The lowest BCUT2D eigenvalue weighted by molar-refractivity contribution is 0.0611. The van der Waals surface area contributed by atoms with Gasteiger partial charge in [-0.1, -0.05) is 6.92 Å². The Morgan fingerprint density at radius 1 is 1.45 bits per heavy atom. The van der Waals surface area contributed by atoms with Gasteiger partial charge < -0.3 is 14.4 Å². The summed E-state index contributed by atoms with van der Waals surface area (Å²) in [6, 6.07) is 1.99. The van der Waals surface area contributed by atoms with Crippen molar-refractivity contribution in [1.29, 1.82) is 0 Å². The molecule has 2 atom stereocenters. The van der Waals surface area contributed by atoms with Crippen LogP contribution in [-0.4, -0.2) is 55.3 Å². The summed E-state index contributed by atoms with van der Waals surface area (Å²) in [5.41, 5.74) is 1.71. The van der Waals surface area contributed by atoms with Crippen LogP contribution in [0.5, 0.6) is 0 Å². The van der Waals surface area contributed by atoms with E-state index in [4.69, 9.17) is 9.47 Å². The van der Waals surface area contributed by atoms with Crippen LogP contribution < -0.4 is 0 Å². The second-order valence-corrected chi connectivity index (χ2v) is 5.10. The average Bonchev–Trinajstić information content (AvgIpc) is 2.90. The van der Waals surface area contributed by atoms with Crippen molar-refractivity contribution in [3.8, 4) is 0 Å². The Bertz CT molecular complexity index is 464. The van der Waals surface area contributed by atoms with Gasteiger partial charge in [0, 0.05) is 33.2 Å². The number of amides is 1. The number of likely N-dealkylation sites (tertiary alicyclic amines) is 1. The van der Waals surface area contributed by atoms with E-state index in [0.29, 0.717) is 18.7 Å². The molecule has 1 aliphatic rings. The van der Waals surface area contributed by atoms with Gasteiger partial charge in [-0.3, -0.25) is 9.78 Å². The zero-order chi connectivity index (χ0) is 14.5. The molecule has 0 aromatic carbocycles.